The molecular formula is C16H22N4O. The van der Waals surface area contributed by atoms with Gasteiger partial charge in [0, 0.05) is 42.5 Å². The first-order valence-corrected chi connectivity index (χ1v) is 7.50. The summed E-state index contributed by atoms with van der Waals surface area (Å²) < 4.78 is 7.84. The van der Waals surface area contributed by atoms with Gasteiger partial charge in [-0.3, -0.25) is 9.67 Å². The zero-order valence-corrected chi connectivity index (χ0v) is 12.8. The molecule has 5 heteroatoms. The van der Waals surface area contributed by atoms with Crippen LogP contribution >= 0.6 is 0 Å². The molecule has 3 heterocycles. The van der Waals surface area contributed by atoms with Crippen LogP contribution in [0.15, 0.2) is 24.5 Å². The number of aromatic nitrogens is 3. The van der Waals surface area contributed by atoms with E-state index in [-0.39, 0.29) is 12.1 Å². The van der Waals surface area contributed by atoms with Crippen molar-refractivity contribution in [3.63, 3.8) is 0 Å². The van der Waals surface area contributed by atoms with Gasteiger partial charge in [-0.2, -0.15) is 5.10 Å². The molecular weight excluding hydrogens is 264 g/mol. The maximum Gasteiger partial charge on any atom is 0.106 e. The fourth-order valence-electron chi connectivity index (χ4n) is 2.81. The number of aryl methyl sites for hydroxylation is 2. The van der Waals surface area contributed by atoms with Crippen LogP contribution in [0.5, 0.6) is 0 Å². The van der Waals surface area contributed by atoms with Crippen molar-refractivity contribution in [1.29, 1.82) is 0 Å². The Kier molecular flexibility index (Phi) is 3.92. The van der Waals surface area contributed by atoms with Crippen LogP contribution in [0.2, 0.25) is 0 Å². The fraction of sp³-hybridized carbons (Fsp3) is 0.500. The molecule has 0 radical (unpaired) electrons. The molecule has 1 aliphatic heterocycles. The van der Waals surface area contributed by atoms with Gasteiger partial charge in [-0.05, 0) is 31.9 Å². The Labute approximate surface area is 125 Å². The summed E-state index contributed by atoms with van der Waals surface area (Å²) in [5.41, 5.74) is 4.56. The van der Waals surface area contributed by atoms with Gasteiger partial charge in [0.1, 0.15) is 6.10 Å². The Balaban J connectivity index is 1.79. The lowest BCUT2D eigenvalue weighted by atomic mass is 10.0. The summed E-state index contributed by atoms with van der Waals surface area (Å²) in [7, 11) is 1.96. The van der Waals surface area contributed by atoms with Gasteiger partial charge in [0.15, 0.2) is 0 Å². The molecule has 0 bridgehead atoms. The van der Waals surface area contributed by atoms with Crippen molar-refractivity contribution in [2.45, 2.75) is 38.8 Å². The molecule has 1 fully saturated rings. The van der Waals surface area contributed by atoms with E-state index in [0.29, 0.717) is 0 Å². The number of hydrogen-bond donors (Lipinski definition) is 1. The number of anilines is 1. The van der Waals surface area contributed by atoms with Crippen molar-refractivity contribution in [1.82, 2.24) is 14.8 Å². The number of ether oxygens (including phenoxy) is 1. The number of nitrogens with zero attached hydrogens (tertiary/aromatic N) is 3. The number of nitrogens with one attached hydrogen (secondary N) is 1. The first kappa shape index (κ1) is 14.1. The van der Waals surface area contributed by atoms with Crippen LogP contribution in [0.1, 0.15) is 36.4 Å². The second-order valence-corrected chi connectivity index (χ2v) is 5.53. The average molecular weight is 286 g/mol. The van der Waals surface area contributed by atoms with Gasteiger partial charge in [0.2, 0.25) is 0 Å². The minimum absolute atomic E-state index is 0.0666. The normalized spacial score (nSPS) is 21.7. The van der Waals surface area contributed by atoms with Crippen molar-refractivity contribution >= 4 is 5.69 Å². The Morgan fingerprint density at radius 3 is 3.05 bits per heavy atom. The van der Waals surface area contributed by atoms with E-state index in [1.165, 1.54) is 5.56 Å². The van der Waals surface area contributed by atoms with E-state index in [0.717, 1.165) is 36.5 Å². The van der Waals surface area contributed by atoms with Gasteiger partial charge in [-0.1, -0.05) is 6.92 Å². The van der Waals surface area contributed by atoms with Gasteiger partial charge in [0.25, 0.3) is 0 Å². The average Bonchev–Trinajstić information content (AvgIpc) is 3.07. The first-order valence-electron chi connectivity index (χ1n) is 7.50. The SMILES string of the molecule is CCc1cc(N[C@H]2CCO[C@@H]2c2cnn(C)c2C)ccn1. The third kappa shape index (κ3) is 2.78. The predicted octanol–water partition coefficient (Wildman–Crippen LogP) is 2.63. The Morgan fingerprint density at radius 1 is 1.48 bits per heavy atom. The van der Waals surface area contributed by atoms with Crippen LogP contribution in [0.3, 0.4) is 0 Å². The summed E-state index contributed by atoms with van der Waals surface area (Å²) in [5, 5.41) is 7.93. The van der Waals surface area contributed by atoms with E-state index in [1.54, 1.807) is 0 Å². The lowest BCUT2D eigenvalue weighted by Crippen LogP contribution is -2.23. The fourth-order valence-corrected chi connectivity index (χ4v) is 2.81. The summed E-state index contributed by atoms with van der Waals surface area (Å²) in [4.78, 5) is 4.34. The lowest BCUT2D eigenvalue weighted by Gasteiger charge is -2.21. The summed E-state index contributed by atoms with van der Waals surface area (Å²) in [5.74, 6) is 0. The molecule has 5 nitrogen and oxygen atoms in total. The van der Waals surface area contributed by atoms with Crippen LogP contribution in [-0.2, 0) is 18.2 Å². The smallest absolute Gasteiger partial charge is 0.106 e. The highest BCUT2D eigenvalue weighted by atomic mass is 16.5. The molecule has 112 valence electrons. The second-order valence-electron chi connectivity index (χ2n) is 5.53. The van der Waals surface area contributed by atoms with Crippen molar-refractivity contribution in [3.8, 4) is 0 Å². The maximum absolute atomic E-state index is 5.94. The Hall–Kier alpha value is -1.88. The number of hydrogen-bond acceptors (Lipinski definition) is 4. The van der Waals surface area contributed by atoms with E-state index < -0.39 is 0 Å². The summed E-state index contributed by atoms with van der Waals surface area (Å²) >= 11 is 0. The molecule has 0 saturated carbocycles. The minimum atomic E-state index is 0.0666. The lowest BCUT2D eigenvalue weighted by molar-refractivity contribution is 0.107. The van der Waals surface area contributed by atoms with E-state index >= 15 is 0 Å². The van der Waals surface area contributed by atoms with Crippen molar-refractivity contribution in [2.24, 2.45) is 7.05 Å². The van der Waals surface area contributed by atoms with Crippen molar-refractivity contribution < 1.29 is 4.74 Å². The number of rotatable bonds is 4. The summed E-state index contributed by atoms with van der Waals surface area (Å²) in [6.07, 6.45) is 5.80. The molecule has 21 heavy (non-hydrogen) atoms. The van der Waals surface area contributed by atoms with Crippen molar-refractivity contribution in [2.75, 3.05) is 11.9 Å². The van der Waals surface area contributed by atoms with Gasteiger partial charge < -0.3 is 10.1 Å². The third-order valence-corrected chi connectivity index (χ3v) is 4.20. The van der Waals surface area contributed by atoms with E-state index in [1.807, 2.05) is 30.2 Å². The monoisotopic (exact) mass is 286 g/mol. The zero-order valence-electron chi connectivity index (χ0n) is 12.8. The third-order valence-electron chi connectivity index (χ3n) is 4.20. The van der Waals surface area contributed by atoms with Crippen LogP contribution in [-0.4, -0.2) is 27.4 Å². The molecule has 0 aliphatic carbocycles. The zero-order chi connectivity index (χ0) is 14.8. The highest BCUT2D eigenvalue weighted by molar-refractivity contribution is 5.45. The summed E-state index contributed by atoms with van der Waals surface area (Å²) in [6, 6.07) is 4.41. The van der Waals surface area contributed by atoms with E-state index in [9.17, 15) is 0 Å². The predicted molar refractivity (Wildman–Crippen MR) is 82.3 cm³/mol. The molecule has 2 atom stereocenters. The molecule has 2 aromatic heterocycles. The first-order chi connectivity index (χ1) is 10.2. The van der Waals surface area contributed by atoms with Gasteiger partial charge in [-0.15, -0.1) is 0 Å². The highest BCUT2D eigenvalue weighted by Gasteiger charge is 2.32. The molecule has 1 saturated heterocycles. The molecule has 0 amide bonds. The maximum atomic E-state index is 5.94. The Morgan fingerprint density at radius 2 is 2.33 bits per heavy atom. The minimum Gasteiger partial charge on any atom is -0.379 e. The standard InChI is InChI=1S/C16H22N4O/c1-4-12-9-13(5-7-17-12)19-15-6-8-21-16(15)14-10-18-20(3)11(14)2/h5,7,9-10,15-16H,4,6,8H2,1-3H3,(H,17,19)/t15-,16+/m0/s1. The van der Waals surface area contributed by atoms with Crippen molar-refractivity contribution in [3.05, 3.63) is 41.5 Å². The number of pyridine rings is 1. The summed E-state index contributed by atoms with van der Waals surface area (Å²) in [6.45, 7) is 4.98. The Bertz CT molecular complexity index is 622. The topological polar surface area (TPSA) is 52.0 Å². The quantitative estimate of drug-likeness (QED) is 0.938. The van der Waals surface area contributed by atoms with Gasteiger partial charge in [-0.25, -0.2) is 0 Å². The molecule has 1 aliphatic rings. The van der Waals surface area contributed by atoms with Gasteiger partial charge in [0.05, 0.1) is 12.2 Å². The molecule has 0 aromatic carbocycles. The van der Waals surface area contributed by atoms with Gasteiger partial charge >= 0.3 is 0 Å². The van der Waals surface area contributed by atoms with Crippen LogP contribution in [0.4, 0.5) is 5.69 Å². The van der Waals surface area contributed by atoms with E-state index in [2.05, 4.69) is 35.3 Å². The van der Waals surface area contributed by atoms with Crippen LogP contribution < -0.4 is 5.32 Å². The highest BCUT2D eigenvalue weighted by Crippen LogP contribution is 2.33. The largest absolute Gasteiger partial charge is 0.379 e. The van der Waals surface area contributed by atoms with E-state index in [4.69, 9.17) is 4.74 Å². The van der Waals surface area contributed by atoms with Crippen LogP contribution in [0.25, 0.3) is 0 Å². The molecule has 0 unspecified atom stereocenters. The molecule has 3 rings (SSSR count). The molecule has 0 spiro atoms. The van der Waals surface area contributed by atoms with Crippen LogP contribution in [0, 0.1) is 6.92 Å². The molecule has 2 aromatic rings. The second kappa shape index (κ2) is 5.85. The molecule has 1 N–H and O–H groups in total.